The number of H-pyrrole nitrogens is 1. The second-order valence-corrected chi connectivity index (χ2v) is 5.31. The van der Waals surface area contributed by atoms with Crippen molar-refractivity contribution < 1.29 is 0 Å². The van der Waals surface area contributed by atoms with Gasteiger partial charge in [-0.3, -0.25) is 5.10 Å². The standard InChI is InChI=1S/C15H21N5/c1-11-17-15(20-19-11)13-6-2-3-7-14(13)18-12-5-4-9-16-10-8-12/h2-3,6-7,12,16,18H,4-5,8-10H2,1H3,(H,17,19,20). The smallest absolute Gasteiger partial charge is 0.183 e. The molecule has 1 atom stereocenters. The first-order valence-corrected chi connectivity index (χ1v) is 7.28. The Balaban J connectivity index is 1.82. The van der Waals surface area contributed by atoms with E-state index < -0.39 is 0 Å². The van der Waals surface area contributed by atoms with Gasteiger partial charge in [-0.15, -0.1) is 0 Å². The highest BCUT2D eigenvalue weighted by Gasteiger charge is 2.15. The van der Waals surface area contributed by atoms with Gasteiger partial charge in [0.1, 0.15) is 5.82 Å². The van der Waals surface area contributed by atoms with Crippen molar-refractivity contribution in [2.75, 3.05) is 18.4 Å². The van der Waals surface area contributed by atoms with Crippen molar-refractivity contribution in [2.45, 2.75) is 32.2 Å². The first kappa shape index (κ1) is 13.1. The third-order valence-corrected chi connectivity index (χ3v) is 3.70. The second kappa shape index (κ2) is 6.05. The van der Waals surface area contributed by atoms with E-state index in [0.29, 0.717) is 6.04 Å². The summed E-state index contributed by atoms with van der Waals surface area (Å²) in [6.07, 6.45) is 3.58. The zero-order valence-electron chi connectivity index (χ0n) is 11.8. The summed E-state index contributed by atoms with van der Waals surface area (Å²) in [5, 5.41) is 14.3. The van der Waals surface area contributed by atoms with Gasteiger partial charge in [0, 0.05) is 17.3 Å². The van der Waals surface area contributed by atoms with Crippen LogP contribution >= 0.6 is 0 Å². The fourth-order valence-electron chi connectivity index (χ4n) is 2.65. The summed E-state index contributed by atoms with van der Waals surface area (Å²) >= 11 is 0. The van der Waals surface area contributed by atoms with Crippen LogP contribution < -0.4 is 10.6 Å². The molecule has 3 N–H and O–H groups in total. The van der Waals surface area contributed by atoms with Crippen LogP contribution in [0, 0.1) is 6.92 Å². The van der Waals surface area contributed by atoms with E-state index >= 15 is 0 Å². The third-order valence-electron chi connectivity index (χ3n) is 3.70. The maximum atomic E-state index is 4.43. The Morgan fingerprint density at radius 3 is 2.95 bits per heavy atom. The monoisotopic (exact) mass is 271 g/mol. The molecular formula is C15H21N5. The van der Waals surface area contributed by atoms with Crippen LogP contribution in [-0.4, -0.2) is 34.3 Å². The number of nitrogens with one attached hydrogen (secondary N) is 3. The zero-order chi connectivity index (χ0) is 13.8. The fourth-order valence-corrected chi connectivity index (χ4v) is 2.65. The molecule has 0 spiro atoms. The van der Waals surface area contributed by atoms with Crippen molar-refractivity contribution in [2.24, 2.45) is 0 Å². The molecule has 1 fully saturated rings. The Kier molecular flexibility index (Phi) is 3.97. The van der Waals surface area contributed by atoms with Gasteiger partial charge in [0.05, 0.1) is 0 Å². The summed E-state index contributed by atoms with van der Waals surface area (Å²) in [6, 6.07) is 8.78. The number of hydrogen-bond donors (Lipinski definition) is 3. The lowest BCUT2D eigenvalue weighted by atomic mass is 10.1. The molecule has 1 aliphatic heterocycles. The summed E-state index contributed by atoms with van der Waals surface area (Å²) in [6.45, 7) is 4.13. The topological polar surface area (TPSA) is 65.6 Å². The Morgan fingerprint density at radius 2 is 2.10 bits per heavy atom. The van der Waals surface area contributed by atoms with E-state index in [1.165, 1.54) is 12.8 Å². The van der Waals surface area contributed by atoms with Gasteiger partial charge < -0.3 is 10.6 Å². The van der Waals surface area contributed by atoms with Crippen LogP contribution in [0.4, 0.5) is 5.69 Å². The first-order valence-electron chi connectivity index (χ1n) is 7.28. The minimum Gasteiger partial charge on any atom is -0.382 e. The minimum absolute atomic E-state index is 0.520. The van der Waals surface area contributed by atoms with Crippen molar-refractivity contribution in [1.82, 2.24) is 20.5 Å². The molecule has 20 heavy (non-hydrogen) atoms. The van der Waals surface area contributed by atoms with Crippen LogP contribution in [0.1, 0.15) is 25.1 Å². The quantitative estimate of drug-likeness (QED) is 0.801. The van der Waals surface area contributed by atoms with Crippen molar-refractivity contribution in [3.05, 3.63) is 30.1 Å². The lowest BCUT2D eigenvalue weighted by molar-refractivity contribution is 0.638. The van der Waals surface area contributed by atoms with Crippen LogP contribution in [0.2, 0.25) is 0 Å². The maximum Gasteiger partial charge on any atom is 0.183 e. The molecule has 0 saturated carbocycles. The van der Waals surface area contributed by atoms with Crippen LogP contribution in [0.3, 0.4) is 0 Å². The average molecular weight is 271 g/mol. The van der Waals surface area contributed by atoms with Crippen molar-refractivity contribution in [3.8, 4) is 11.4 Å². The number of aromatic amines is 1. The normalized spacial score (nSPS) is 19.6. The number of rotatable bonds is 3. The van der Waals surface area contributed by atoms with Gasteiger partial charge in [-0.25, -0.2) is 4.98 Å². The van der Waals surface area contributed by atoms with Gasteiger partial charge >= 0.3 is 0 Å². The number of aryl methyl sites for hydroxylation is 1. The molecule has 0 aliphatic carbocycles. The number of aromatic nitrogens is 3. The van der Waals surface area contributed by atoms with Crippen LogP contribution in [0.25, 0.3) is 11.4 Å². The number of para-hydroxylation sites is 1. The van der Waals surface area contributed by atoms with Crippen LogP contribution in [0.15, 0.2) is 24.3 Å². The highest BCUT2D eigenvalue weighted by Crippen LogP contribution is 2.26. The van der Waals surface area contributed by atoms with E-state index in [-0.39, 0.29) is 0 Å². The molecule has 106 valence electrons. The molecule has 1 aromatic carbocycles. The summed E-state index contributed by atoms with van der Waals surface area (Å²) in [7, 11) is 0. The van der Waals surface area contributed by atoms with E-state index in [1.807, 2.05) is 13.0 Å². The molecule has 0 amide bonds. The molecule has 2 aromatic rings. The van der Waals surface area contributed by atoms with Crippen molar-refractivity contribution in [1.29, 1.82) is 0 Å². The molecule has 0 bridgehead atoms. The second-order valence-electron chi connectivity index (χ2n) is 5.31. The van der Waals surface area contributed by atoms with Gasteiger partial charge in [0.15, 0.2) is 5.82 Å². The predicted molar refractivity (Wildman–Crippen MR) is 80.7 cm³/mol. The molecule has 5 heteroatoms. The highest BCUT2D eigenvalue weighted by atomic mass is 15.2. The summed E-state index contributed by atoms with van der Waals surface area (Å²) in [5.41, 5.74) is 2.19. The van der Waals surface area contributed by atoms with Gasteiger partial charge in [0.2, 0.25) is 0 Å². The Bertz CT molecular complexity index is 555. The molecular weight excluding hydrogens is 250 g/mol. The molecule has 1 aliphatic rings. The van der Waals surface area contributed by atoms with Gasteiger partial charge in [-0.1, -0.05) is 12.1 Å². The first-order chi connectivity index (χ1) is 9.83. The number of hydrogen-bond acceptors (Lipinski definition) is 4. The minimum atomic E-state index is 0.520. The summed E-state index contributed by atoms with van der Waals surface area (Å²) < 4.78 is 0. The SMILES string of the molecule is Cc1nc(-c2ccccc2NC2CCCNCC2)n[nH]1. The summed E-state index contributed by atoms with van der Waals surface area (Å²) in [5.74, 6) is 1.60. The molecule has 3 rings (SSSR count). The Labute approximate surface area is 119 Å². The zero-order valence-corrected chi connectivity index (χ0v) is 11.8. The van der Waals surface area contributed by atoms with Gasteiger partial charge in [-0.2, -0.15) is 5.10 Å². The van der Waals surface area contributed by atoms with Gasteiger partial charge in [-0.05, 0) is 51.4 Å². The fraction of sp³-hybridized carbons (Fsp3) is 0.467. The van der Waals surface area contributed by atoms with E-state index in [0.717, 1.165) is 42.4 Å². The van der Waals surface area contributed by atoms with Crippen LogP contribution in [0.5, 0.6) is 0 Å². The third kappa shape index (κ3) is 2.99. The average Bonchev–Trinajstić information content (AvgIpc) is 2.73. The molecule has 5 nitrogen and oxygen atoms in total. The lowest BCUT2D eigenvalue weighted by Gasteiger charge is -2.19. The maximum absolute atomic E-state index is 4.43. The number of nitrogens with zero attached hydrogens (tertiary/aromatic N) is 2. The molecule has 2 heterocycles. The van der Waals surface area contributed by atoms with Crippen molar-refractivity contribution >= 4 is 5.69 Å². The number of benzene rings is 1. The van der Waals surface area contributed by atoms with E-state index in [1.54, 1.807) is 0 Å². The Morgan fingerprint density at radius 1 is 1.20 bits per heavy atom. The predicted octanol–water partition coefficient (Wildman–Crippen LogP) is 2.33. The van der Waals surface area contributed by atoms with Crippen LogP contribution in [-0.2, 0) is 0 Å². The van der Waals surface area contributed by atoms with E-state index in [4.69, 9.17) is 0 Å². The van der Waals surface area contributed by atoms with Gasteiger partial charge in [0.25, 0.3) is 0 Å². The van der Waals surface area contributed by atoms with E-state index in [9.17, 15) is 0 Å². The lowest BCUT2D eigenvalue weighted by Crippen LogP contribution is -2.21. The summed E-state index contributed by atoms with van der Waals surface area (Å²) in [4.78, 5) is 4.43. The Hall–Kier alpha value is -1.88. The molecule has 0 radical (unpaired) electrons. The van der Waals surface area contributed by atoms with E-state index in [2.05, 4.69) is 44.0 Å². The molecule has 1 saturated heterocycles. The number of anilines is 1. The highest BCUT2D eigenvalue weighted by molar-refractivity contribution is 5.73. The molecule has 1 aromatic heterocycles. The van der Waals surface area contributed by atoms with Crippen molar-refractivity contribution in [3.63, 3.8) is 0 Å². The largest absolute Gasteiger partial charge is 0.382 e. The molecule has 1 unspecified atom stereocenters.